The maximum Gasteiger partial charge on any atom is 0.270 e. The average molecular weight is 537 g/mol. The standard InChI is InChI=1S/C29H25FN8O2/c1-16-10-26(37-22-8-9-31-27(39)12-22)38-28(35-16)20-5-7-25(34-14-20)29(40)36-17(2)19-4-6-24(33-13-19)23-11-21(30)15-32-18(23)3/h4-15,17H,1-3H3,(H,36,40)(H2,31,35,37,38,39). The number of carbonyl (C=O) groups is 1. The van der Waals surface area contributed by atoms with Crippen molar-refractivity contribution in [3.05, 3.63) is 112 Å². The van der Waals surface area contributed by atoms with E-state index in [0.717, 1.165) is 11.3 Å². The van der Waals surface area contributed by atoms with Crippen LogP contribution in [0.5, 0.6) is 0 Å². The van der Waals surface area contributed by atoms with Crippen LogP contribution in [0.4, 0.5) is 15.9 Å². The fourth-order valence-electron chi connectivity index (χ4n) is 4.03. The van der Waals surface area contributed by atoms with Gasteiger partial charge in [0.2, 0.25) is 5.56 Å². The van der Waals surface area contributed by atoms with Gasteiger partial charge >= 0.3 is 0 Å². The maximum atomic E-state index is 13.6. The number of halogens is 1. The highest BCUT2D eigenvalue weighted by Crippen LogP contribution is 2.23. The van der Waals surface area contributed by atoms with Gasteiger partial charge in [-0.05, 0) is 56.7 Å². The molecule has 5 heterocycles. The Morgan fingerprint density at radius 1 is 0.950 bits per heavy atom. The van der Waals surface area contributed by atoms with E-state index >= 15 is 0 Å². The molecule has 200 valence electrons. The Labute approximate surface area is 228 Å². The first kappa shape index (κ1) is 26.3. The SMILES string of the molecule is Cc1cc(Nc2cc[nH]c(=O)c2)nc(-c2ccc(C(=O)NC(C)c3ccc(-c4cc(F)cnc4C)nc3)nc2)n1. The second kappa shape index (κ2) is 11.2. The minimum Gasteiger partial charge on any atom is -0.344 e. The molecule has 40 heavy (non-hydrogen) atoms. The fraction of sp³-hybridized carbons (Fsp3) is 0.138. The summed E-state index contributed by atoms with van der Waals surface area (Å²) in [5.41, 5.74) is 4.61. The predicted molar refractivity (Wildman–Crippen MR) is 148 cm³/mol. The number of aromatic amines is 1. The van der Waals surface area contributed by atoms with Crippen LogP contribution in [0.3, 0.4) is 0 Å². The van der Waals surface area contributed by atoms with E-state index in [1.54, 1.807) is 49.6 Å². The van der Waals surface area contributed by atoms with Crippen molar-refractivity contribution >= 4 is 17.4 Å². The van der Waals surface area contributed by atoms with Gasteiger partial charge in [0.25, 0.3) is 5.91 Å². The number of aromatic nitrogens is 6. The predicted octanol–water partition coefficient (Wildman–Crippen LogP) is 4.67. The van der Waals surface area contributed by atoms with E-state index < -0.39 is 5.82 Å². The highest BCUT2D eigenvalue weighted by molar-refractivity contribution is 5.92. The molecule has 0 aromatic carbocycles. The second-order valence-corrected chi connectivity index (χ2v) is 9.18. The van der Waals surface area contributed by atoms with Crippen molar-refractivity contribution in [1.82, 2.24) is 35.2 Å². The monoisotopic (exact) mass is 536 g/mol. The molecule has 5 aromatic rings. The third kappa shape index (κ3) is 6.04. The topological polar surface area (TPSA) is 138 Å². The number of aryl methyl sites for hydroxylation is 2. The van der Waals surface area contributed by atoms with Gasteiger partial charge in [0.05, 0.1) is 17.9 Å². The Morgan fingerprint density at radius 3 is 2.52 bits per heavy atom. The van der Waals surface area contributed by atoms with Gasteiger partial charge in [-0.2, -0.15) is 0 Å². The quantitative estimate of drug-likeness (QED) is 0.273. The number of nitrogens with zero attached hydrogens (tertiary/aromatic N) is 5. The number of pyridine rings is 4. The summed E-state index contributed by atoms with van der Waals surface area (Å²) in [5.74, 6) is 0.166. The Bertz CT molecular complexity index is 1740. The minimum absolute atomic E-state index is 0.229. The van der Waals surface area contributed by atoms with Crippen LogP contribution in [0, 0.1) is 19.7 Å². The van der Waals surface area contributed by atoms with Gasteiger partial charge in [-0.25, -0.2) is 14.4 Å². The summed E-state index contributed by atoms with van der Waals surface area (Å²) in [4.78, 5) is 48.8. The van der Waals surface area contributed by atoms with Crippen LogP contribution in [-0.2, 0) is 0 Å². The molecule has 11 heteroatoms. The summed E-state index contributed by atoms with van der Waals surface area (Å²) >= 11 is 0. The van der Waals surface area contributed by atoms with Crippen LogP contribution in [0.1, 0.15) is 40.4 Å². The molecule has 0 spiro atoms. The van der Waals surface area contributed by atoms with Gasteiger partial charge in [-0.3, -0.25) is 24.5 Å². The third-order valence-corrected chi connectivity index (χ3v) is 6.12. The number of hydrogen-bond acceptors (Lipinski definition) is 8. The van der Waals surface area contributed by atoms with E-state index in [-0.39, 0.29) is 23.2 Å². The largest absolute Gasteiger partial charge is 0.344 e. The highest BCUT2D eigenvalue weighted by atomic mass is 19.1. The van der Waals surface area contributed by atoms with Crippen molar-refractivity contribution in [1.29, 1.82) is 0 Å². The van der Waals surface area contributed by atoms with Gasteiger partial charge in [0.15, 0.2) is 5.82 Å². The molecule has 1 unspecified atom stereocenters. The summed E-state index contributed by atoms with van der Waals surface area (Å²) in [5, 5.41) is 6.02. The number of rotatable bonds is 7. The summed E-state index contributed by atoms with van der Waals surface area (Å²) in [6, 6.07) is 12.9. The van der Waals surface area contributed by atoms with Gasteiger partial charge in [-0.1, -0.05) is 6.07 Å². The number of H-pyrrole nitrogens is 1. The van der Waals surface area contributed by atoms with Gasteiger partial charge in [0.1, 0.15) is 17.3 Å². The van der Waals surface area contributed by atoms with Crippen LogP contribution in [-0.4, -0.2) is 35.8 Å². The molecule has 0 saturated heterocycles. The first-order valence-electron chi connectivity index (χ1n) is 12.4. The lowest BCUT2D eigenvalue weighted by atomic mass is 10.1. The third-order valence-electron chi connectivity index (χ3n) is 6.12. The first-order chi connectivity index (χ1) is 19.2. The summed E-state index contributed by atoms with van der Waals surface area (Å²) in [6.07, 6.45) is 5.90. The average Bonchev–Trinajstić information content (AvgIpc) is 2.94. The Hall–Kier alpha value is -5.32. The number of amides is 1. The molecule has 5 aromatic heterocycles. The fourth-order valence-corrected chi connectivity index (χ4v) is 4.03. The molecule has 1 amide bonds. The van der Waals surface area contributed by atoms with Crippen LogP contribution < -0.4 is 16.2 Å². The van der Waals surface area contributed by atoms with E-state index in [1.165, 1.54) is 24.5 Å². The van der Waals surface area contributed by atoms with E-state index in [4.69, 9.17) is 0 Å². The molecule has 0 aliphatic rings. The van der Waals surface area contributed by atoms with Crippen molar-refractivity contribution in [2.24, 2.45) is 0 Å². The van der Waals surface area contributed by atoms with Crippen molar-refractivity contribution in [2.45, 2.75) is 26.8 Å². The van der Waals surface area contributed by atoms with Crippen LogP contribution in [0.25, 0.3) is 22.6 Å². The van der Waals surface area contributed by atoms with E-state index in [9.17, 15) is 14.0 Å². The lowest BCUT2D eigenvalue weighted by Crippen LogP contribution is -2.27. The smallest absolute Gasteiger partial charge is 0.270 e. The normalized spacial score (nSPS) is 11.6. The van der Waals surface area contributed by atoms with Crippen molar-refractivity contribution in [3.63, 3.8) is 0 Å². The number of anilines is 2. The van der Waals surface area contributed by atoms with E-state index in [2.05, 4.69) is 40.5 Å². The van der Waals surface area contributed by atoms with E-state index in [0.29, 0.717) is 39.8 Å². The van der Waals surface area contributed by atoms with Gasteiger partial charge < -0.3 is 15.6 Å². The molecular formula is C29H25FN8O2. The molecule has 0 saturated carbocycles. The van der Waals surface area contributed by atoms with Gasteiger partial charge in [0, 0.05) is 58.9 Å². The Balaban J connectivity index is 1.27. The molecule has 10 nitrogen and oxygen atoms in total. The minimum atomic E-state index is -0.429. The number of hydrogen-bond donors (Lipinski definition) is 3. The zero-order valence-corrected chi connectivity index (χ0v) is 21.9. The second-order valence-electron chi connectivity index (χ2n) is 9.18. The molecule has 3 N–H and O–H groups in total. The molecular weight excluding hydrogens is 511 g/mol. The maximum absolute atomic E-state index is 13.6. The van der Waals surface area contributed by atoms with Crippen LogP contribution >= 0.6 is 0 Å². The zero-order valence-electron chi connectivity index (χ0n) is 21.9. The lowest BCUT2D eigenvalue weighted by molar-refractivity contribution is 0.0935. The first-order valence-corrected chi connectivity index (χ1v) is 12.4. The molecule has 0 radical (unpaired) electrons. The van der Waals surface area contributed by atoms with E-state index in [1.807, 2.05) is 19.9 Å². The van der Waals surface area contributed by atoms with Crippen LogP contribution in [0.15, 0.2) is 78.1 Å². The highest BCUT2D eigenvalue weighted by Gasteiger charge is 2.15. The van der Waals surface area contributed by atoms with Gasteiger partial charge in [-0.15, -0.1) is 0 Å². The van der Waals surface area contributed by atoms with Crippen LogP contribution in [0.2, 0.25) is 0 Å². The molecule has 0 aliphatic heterocycles. The molecule has 1 atom stereocenters. The zero-order chi connectivity index (χ0) is 28.2. The molecule has 0 bridgehead atoms. The molecule has 5 rings (SSSR count). The summed E-state index contributed by atoms with van der Waals surface area (Å²) in [6.45, 7) is 5.47. The van der Waals surface area contributed by atoms with Crippen molar-refractivity contribution < 1.29 is 9.18 Å². The Morgan fingerprint density at radius 2 is 1.80 bits per heavy atom. The number of carbonyl (C=O) groups excluding carboxylic acids is 1. The summed E-state index contributed by atoms with van der Waals surface area (Å²) in [7, 11) is 0. The van der Waals surface area contributed by atoms with Crippen molar-refractivity contribution in [3.8, 4) is 22.6 Å². The lowest BCUT2D eigenvalue weighted by Gasteiger charge is -2.14. The summed E-state index contributed by atoms with van der Waals surface area (Å²) < 4.78 is 13.6. The Kier molecular flexibility index (Phi) is 7.36. The molecule has 0 fully saturated rings. The molecule has 0 aliphatic carbocycles. The number of nitrogens with one attached hydrogen (secondary N) is 3. The van der Waals surface area contributed by atoms with Crippen molar-refractivity contribution in [2.75, 3.05) is 5.32 Å².